The van der Waals surface area contributed by atoms with Crippen LogP contribution >= 0.6 is 0 Å². The Bertz CT molecular complexity index is 716. The Labute approximate surface area is 132 Å². The number of aromatic nitrogens is 4. The maximum atomic E-state index is 12.8. The maximum absolute atomic E-state index is 12.8. The van der Waals surface area contributed by atoms with E-state index >= 15 is 0 Å². The fraction of sp³-hybridized carbons (Fsp3) is 0.400. The van der Waals surface area contributed by atoms with Crippen molar-refractivity contribution in [2.45, 2.75) is 25.8 Å². The summed E-state index contributed by atoms with van der Waals surface area (Å²) in [5.74, 6) is -1.54. The predicted molar refractivity (Wildman–Crippen MR) is 80.0 cm³/mol. The number of nitrogens with zero attached hydrogens (tertiary/aromatic N) is 5. The van der Waals surface area contributed by atoms with E-state index in [1.807, 2.05) is 0 Å². The van der Waals surface area contributed by atoms with E-state index in [9.17, 15) is 14.7 Å². The first kappa shape index (κ1) is 15.1. The molecule has 0 unspecified atom stereocenters. The molecule has 1 amide bonds. The third-order valence-electron chi connectivity index (χ3n) is 4.27. The number of carboxylic acids is 1. The Kier molecular flexibility index (Phi) is 4.05. The molecule has 2 aromatic rings. The van der Waals surface area contributed by atoms with Gasteiger partial charge < -0.3 is 10.0 Å². The van der Waals surface area contributed by atoms with Crippen LogP contribution in [0.15, 0.2) is 30.6 Å². The molecule has 23 heavy (non-hydrogen) atoms. The Hall–Kier alpha value is -2.77. The van der Waals surface area contributed by atoms with Crippen LogP contribution in [0, 0.1) is 5.92 Å². The van der Waals surface area contributed by atoms with Gasteiger partial charge in [0.25, 0.3) is 5.91 Å². The molecule has 3 rings (SSSR count). The van der Waals surface area contributed by atoms with Gasteiger partial charge in [0.15, 0.2) is 0 Å². The molecule has 1 N–H and O–H groups in total. The first-order chi connectivity index (χ1) is 11.1. The van der Waals surface area contributed by atoms with Crippen molar-refractivity contribution in [2.24, 2.45) is 5.92 Å². The summed E-state index contributed by atoms with van der Waals surface area (Å²) < 4.78 is 1.47. The summed E-state index contributed by atoms with van der Waals surface area (Å²) in [4.78, 5) is 25.7. The van der Waals surface area contributed by atoms with Gasteiger partial charge in [0.05, 0.1) is 11.6 Å². The van der Waals surface area contributed by atoms with Crippen molar-refractivity contribution in [1.29, 1.82) is 0 Å². The molecule has 120 valence electrons. The highest BCUT2D eigenvalue weighted by molar-refractivity contribution is 5.95. The number of carboxylic acid groups (broad SMARTS) is 1. The lowest BCUT2D eigenvalue weighted by Gasteiger charge is -2.37. The predicted octanol–water partition coefficient (Wildman–Crippen LogP) is 0.988. The minimum absolute atomic E-state index is 0.168. The van der Waals surface area contributed by atoms with Gasteiger partial charge in [-0.15, -0.1) is 5.10 Å². The smallest absolute Gasteiger partial charge is 0.308 e. The second-order valence-corrected chi connectivity index (χ2v) is 5.63. The second-order valence-electron chi connectivity index (χ2n) is 5.63. The second kappa shape index (κ2) is 6.15. The Morgan fingerprint density at radius 2 is 2.17 bits per heavy atom. The largest absolute Gasteiger partial charge is 0.481 e. The molecule has 0 aliphatic carbocycles. The first-order valence-electron chi connectivity index (χ1n) is 7.45. The van der Waals surface area contributed by atoms with Gasteiger partial charge in [-0.3, -0.25) is 9.59 Å². The van der Waals surface area contributed by atoms with E-state index in [0.29, 0.717) is 30.6 Å². The molecule has 0 spiro atoms. The number of hydrogen-bond donors (Lipinski definition) is 1. The van der Waals surface area contributed by atoms with Crippen LogP contribution in [-0.2, 0) is 4.79 Å². The van der Waals surface area contributed by atoms with Gasteiger partial charge in [0.1, 0.15) is 6.33 Å². The monoisotopic (exact) mass is 315 g/mol. The summed E-state index contributed by atoms with van der Waals surface area (Å²) in [6, 6.07) is 6.65. The fourth-order valence-corrected chi connectivity index (χ4v) is 2.99. The van der Waals surface area contributed by atoms with Crippen LogP contribution in [0.4, 0.5) is 0 Å². The molecule has 1 fully saturated rings. The summed E-state index contributed by atoms with van der Waals surface area (Å²) in [5, 5.41) is 20.2. The lowest BCUT2D eigenvalue weighted by Crippen LogP contribution is -2.49. The number of carbonyl (C=O) groups excluding carboxylic acids is 1. The molecule has 8 nitrogen and oxygen atoms in total. The molecule has 1 aromatic heterocycles. The van der Waals surface area contributed by atoms with Crippen LogP contribution in [-0.4, -0.2) is 54.7 Å². The molecular formula is C15H17N5O3. The zero-order valence-corrected chi connectivity index (χ0v) is 12.7. The number of likely N-dealkylation sites (tertiary alicyclic amines) is 1. The topological polar surface area (TPSA) is 101 Å². The third-order valence-corrected chi connectivity index (χ3v) is 4.27. The van der Waals surface area contributed by atoms with Gasteiger partial charge in [0.2, 0.25) is 0 Å². The summed E-state index contributed by atoms with van der Waals surface area (Å²) in [6.45, 7) is 2.36. The highest BCUT2D eigenvalue weighted by Gasteiger charge is 2.35. The summed E-state index contributed by atoms with van der Waals surface area (Å²) >= 11 is 0. The first-order valence-corrected chi connectivity index (χ1v) is 7.45. The Morgan fingerprint density at radius 1 is 1.35 bits per heavy atom. The number of carbonyl (C=O) groups is 2. The van der Waals surface area contributed by atoms with E-state index in [4.69, 9.17) is 0 Å². The molecule has 1 aromatic carbocycles. The van der Waals surface area contributed by atoms with E-state index in [1.165, 1.54) is 11.0 Å². The van der Waals surface area contributed by atoms with Crippen LogP contribution < -0.4 is 0 Å². The number of tetrazole rings is 1. The van der Waals surface area contributed by atoms with E-state index in [-0.39, 0.29) is 11.9 Å². The van der Waals surface area contributed by atoms with Crippen LogP contribution in [0.5, 0.6) is 0 Å². The molecule has 8 heteroatoms. The lowest BCUT2D eigenvalue weighted by atomic mass is 9.90. The number of hydrogen-bond acceptors (Lipinski definition) is 5. The van der Waals surface area contributed by atoms with Crippen molar-refractivity contribution in [3.05, 3.63) is 36.2 Å². The van der Waals surface area contributed by atoms with Crippen molar-refractivity contribution in [3.63, 3.8) is 0 Å². The van der Waals surface area contributed by atoms with Gasteiger partial charge in [-0.2, -0.15) is 0 Å². The molecule has 1 aliphatic rings. The van der Waals surface area contributed by atoms with Crippen LogP contribution in [0.2, 0.25) is 0 Å². The maximum Gasteiger partial charge on any atom is 0.308 e. The number of rotatable bonds is 3. The van der Waals surface area contributed by atoms with Crippen molar-refractivity contribution in [2.75, 3.05) is 6.54 Å². The molecule has 1 saturated heterocycles. The molecule has 0 saturated carbocycles. The van der Waals surface area contributed by atoms with Crippen LogP contribution in [0.1, 0.15) is 30.1 Å². The Morgan fingerprint density at radius 3 is 2.87 bits per heavy atom. The number of benzene rings is 1. The molecule has 0 bridgehead atoms. The molecule has 2 heterocycles. The van der Waals surface area contributed by atoms with Gasteiger partial charge >= 0.3 is 5.97 Å². The summed E-state index contributed by atoms with van der Waals surface area (Å²) in [6.07, 6.45) is 2.75. The minimum atomic E-state index is -0.850. The normalized spacial score (nSPS) is 21.2. The third kappa shape index (κ3) is 2.92. The van der Waals surface area contributed by atoms with Gasteiger partial charge in [0, 0.05) is 18.2 Å². The van der Waals surface area contributed by atoms with Crippen molar-refractivity contribution >= 4 is 11.9 Å². The Balaban J connectivity index is 1.85. The van der Waals surface area contributed by atoms with Crippen molar-refractivity contribution < 1.29 is 14.7 Å². The van der Waals surface area contributed by atoms with E-state index in [1.54, 1.807) is 36.1 Å². The van der Waals surface area contributed by atoms with E-state index < -0.39 is 11.9 Å². The van der Waals surface area contributed by atoms with Gasteiger partial charge in [-0.05, 0) is 48.4 Å². The zero-order valence-electron chi connectivity index (χ0n) is 12.7. The highest BCUT2D eigenvalue weighted by atomic mass is 16.4. The highest BCUT2D eigenvalue weighted by Crippen LogP contribution is 2.25. The number of aliphatic carboxylic acids is 1. The average molecular weight is 315 g/mol. The average Bonchev–Trinajstić information content (AvgIpc) is 3.09. The molecule has 0 radical (unpaired) electrons. The molecule has 2 atom stereocenters. The van der Waals surface area contributed by atoms with E-state index in [2.05, 4.69) is 15.5 Å². The number of piperidine rings is 1. The fourth-order valence-electron chi connectivity index (χ4n) is 2.99. The zero-order chi connectivity index (χ0) is 16.4. The van der Waals surface area contributed by atoms with Crippen LogP contribution in [0.25, 0.3) is 5.69 Å². The van der Waals surface area contributed by atoms with Crippen molar-refractivity contribution in [1.82, 2.24) is 25.1 Å². The quantitative estimate of drug-likeness (QED) is 0.906. The van der Waals surface area contributed by atoms with Crippen molar-refractivity contribution in [3.8, 4) is 5.69 Å². The van der Waals surface area contributed by atoms with Gasteiger partial charge in [-0.1, -0.05) is 6.07 Å². The minimum Gasteiger partial charge on any atom is -0.481 e. The van der Waals surface area contributed by atoms with Gasteiger partial charge in [-0.25, -0.2) is 4.68 Å². The number of amides is 1. The van der Waals surface area contributed by atoms with Crippen LogP contribution in [0.3, 0.4) is 0 Å². The summed E-state index contributed by atoms with van der Waals surface area (Å²) in [5.41, 5.74) is 1.18. The summed E-state index contributed by atoms with van der Waals surface area (Å²) in [7, 11) is 0. The standard InChI is InChI=1S/C15H17N5O3/c1-10-13(15(22)23)6-3-7-19(10)14(21)11-4-2-5-12(8-11)20-9-16-17-18-20/h2,4-5,8-10,13H,3,6-7H2,1H3,(H,22,23)/t10-,13-/m1/s1. The molecular weight excluding hydrogens is 298 g/mol. The SMILES string of the molecule is C[C@@H]1[C@H](C(=O)O)CCCN1C(=O)c1cccc(-n2cnnn2)c1. The molecule has 1 aliphatic heterocycles. The van der Waals surface area contributed by atoms with E-state index in [0.717, 1.165) is 0 Å². The lowest BCUT2D eigenvalue weighted by molar-refractivity contribution is -0.144.